The van der Waals surface area contributed by atoms with Gasteiger partial charge in [0.25, 0.3) is 5.91 Å². The second-order valence-electron chi connectivity index (χ2n) is 5.23. The molecule has 0 unspecified atom stereocenters. The molecule has 26 heavy (non-hydrogen) atoms. The lowest BCUT2D eigenvalue weighted by Gasteiger charge is -2.09. The van der Waals surface area contributed by atoms with Gasteiger partial charge < -0.3 is 5.32 Å². The van der Waals surface area contributed by atoms with Gasteiger partial charge in [-0.15, -0.1) is 0 Å². The van der Waals surface area contributed by atoms with Crippen LogP contribution in [0.1, 0.15) is 21.9 Å². The highest BCUT2D eigenvalue weighted by Crippen LogP contribution is 2.34. The Morgan fingerprint density at radius 1 is 1.19 bits per heavy atom. The molecule has 0 saturated carbocycles. The molecule has 1 aromatic carbocycles. The fourth-order valence-electron chi connectivity index (χ4n) is 2.25. The largest absolute Gasteiger partial charge is 0.433 e. The zero-order chi connectivity index (χ0) is 19.2. The highest BCUT2D eigenvalue weighted by Gasteiger charge is 2.36. The Balaban J connectivity index is 2.11. The summed E-state index contributed by atoms with van der Waals surface area (Å²) in [7, 11) is 0. The number of carbonyl (C=O) groups excluding carboxylic acids is 1. The number of nitrogens with one attached hydrogen (secondary N) is 1. The predicted octanol–water partition coefficient (Wildman–Crippen LogP) is 5.27. The first-order chi connectivity index (χ1) is 12.1. The summed E-state index contributed by atoms with van der Waals surface area (Å²) < 4.78 is 40.2. The number of aromatic nitrogens is 3. The topological polar surface area (TPSA) is 59.3 Å². The Bertz CT molecular complexity index is 1010. The maximum atomic E-state index is 13.2. The molecule has 0 radical (unpaired) electrons. The van der Waals surface area contributed by atoms with E-state index >= 15 is 0 Å². The van der Waals surface area contributed by atoms with E-state index in [-0.39, 0.29) is 32.1 Å². The van der Waals surface area contributed by atoms with Crippen LogP contribution < -0.4 is 5.32 Å². The Labute approximate surface area is 159 Å². The first kappa shape index (κ1) is 18.8. The molecule has 0 atom stereocenters. The average Bonchev–Trinajstić information content (AvgIpc) is 2.86. The van der Waals surface area contributed by atoms with Crippen molar-refractivity contribution in [2.24, 2.45) is 0 Å². The number of nitrogens with zero attached hydrogens (tertiary/aromatic N) is 3. The van der Waals surface area contributed by atoms with Crippen LogP contribution in [-0.2, 0) is 6.18 Å². The first-order valence-electron chi connectivity index (χ1n) is 6.98. The van der Waals surface area contributed by atoms with Crippen molar-refractivity contribution in [1.82, 2.24) is 14.6 Å². The molecule has 0 saturated heterocycles. The number of rotatable bonds is 2. The number of anilines is 1. The van der Waals surface area contributed by atoms with E-state index in [1.54, 1.807) is 6.07 Å². The zero-order valence-corrected chi connectivity index (χ0v) is 15.1. The van der Waals surface area contributed by atoms with Crippen LogP contribution in [0.25, 0.3) is 5.65 Å². The minimum Gasteiger partial charge on any atom is -0.318 e. The van der Waals surface area contributed by atoms with Gasteiger partial charge in [-0.2, -0.15) is 18.3 Å². The molecule has 0 aliphatic heterocycles. The molecule has 11 heteroatoms. The van der Waals surface area contributed by atoms with Crippen LogP contribution in [0.3, 0.4) is 0 Å². The monoisotopic (exact) mass is 422 g/mol. The van der Waals surface area contributed by atoms with Crippen molar-refractivity contribution in [2.75, 3.05) is 5.32 Å². The van der Waals surface area contributed by atoms with E-state index in [9.17, 15) is 18.0 Å². The standard InChI is InChI=1S/C15H8Cl3F3N4O/c1-6-5-9(15(19,20)21)25-13(22-6)10(18)12(24-25)14(26)23-11-7(16)3-2-4-8(11)17/h2-5H,1H3,(H,23,26). The lowest BCUT2D eigenvalue weighted by atomic mass is 10.3. The van der Waals surface area contributed by atoms with Crippen molar-refractivity contribution in [3.05, 3.63) is 56.4 Å². The van der Waals surface area contributed by atoms with E-state index in [4.69, 9.17) is 34.8 Å². The number of fused-ring (bicyclic) bond motifs is 1. The number of halogens is 6. The van der Waals surface area contributed by atoms with Gasteiger partial charge in [-0.25, -0.2) is 9.50 Å². The maximum absolute atomic E-state index is 13.2. The predicted molar refractivity (Wildman–Crippen MR) is 92.2 cm³/mol. The second-order valence-corrected chi connectivity index (χ2v) is 6.42. The number of aryl methyl sites for hydroxylation is 1. The summed E-state index contributed by atoms with van der Waals surface area (Å²) in [6.07, 6.45) is -4.71. The summed E-state index contributed by atoms with van der Waals surface area (Å²) in [6, 6.07) is 5.35. The molecule has 136 valence electrons. The number of carbonyl (C=O) groups is 1. The summed E-state index contributed by atoms with van der Waals surface area (Å²) in [6.45, 7) is 1.38. The molecular formula is C15H8Cl3F3N4O. The van der Waals surface area contributed by atoms with Crippen LogP contribution in [0.2, 0.25) is 15.1 Å². The van der Waals surface area contributed by atoms with E-state index in [0.717, 1.165) is 6.07 Å². The molecule has 0 aliphatic carbocycles. The molecule has 0 fully saturated rings. The molecule has 1 amide bonds. The Hall–Kier alpha value is -2.03. The van der Waals surface area contributed by atoms with Crippen molar-refractivity contribution in [3.8, 4) is 0 Å². The van der Waals surface area contributed by atoms with E-state index < -0.39 is 23.5 Å². The quantitative estimate of drug-likeness (QED) is 0.611. The third-order valence-electron chi connectivity index (χ3n) is 3.37. The summed E-state index contributed by atoms with van der Waals surface area (Å²) in [4.78, 5) is 16.4. The van der Waals surface area contributed by atoms with Gasteiger partial charge in [0.15, 0.2) is 11.3 Å². The molecule has 0 spiro atoms. The number of alkyl halides is 3. The van der Waals surface area contributed by atoms with Gasteiger partial charge in [0.2, 0.25) is 0 Å². The molecule has 2 heterocycles. The van der Waals surface area contributed by atoms with Crippen LogP contribution >= 0.6 is 34.8 Å². The number of benzene rings is 1. The van der Waals surface area contributed by atoms with Crippen LogP contribution in [0.15, 0.2) is 24.3 Å². The Morgan fingerprint density at radius 2 is 1.81 bits per heavy atom. The van der Waals surface area contributed by atoms with Gasteiger partial charge in [0.1, 0.15) is 10.7 Å². The zero-order valence-electron chi connectivity index (χ0n) is 12.8. The average molecular weight is 424 g/mol. The first-order valence-corrected chi connectivity index (χ1v) is 8.11. The van der Waals surface area contributed by atoms with Crippen molar-refractivity contribution in [2.45, 2.75) is 13.1 Å². The maximum Gasteiger partial charge on any atom is 0.433 e. The third kappa shape index (κ3) is 3.32. The van der Waals surface area contributed by atoms with Gasteiger partial charge in [0.05, 0.1) is 15.7 Å². The van der Waals surface area contributed by atoms with E-state index in [1.807, 2.05) is 0 Å². The molecule has 3 aromatic rings. The molecule has 3 rings (SSSR count). The fourth-order valence-corrected chi connectivity index (χ4v) is 2.99. The van der Waals surface area contributed by atoms with Gasteiger partial charge >= 0.3 is 6.18 Å². The van der Waals surface area contributed by atoms with Crippen molar-refractivity contribution >= 4 is 52.0 Å². The van der Waals surface area contributed by atoms with Crippen molar-refractivity contribution in [3.63, 3.8) is 0 Å². The molecule has 0 aliphatic rings. The highest BCUT2D eigenvalue weighted by molar-refractivity contribution is 6.41. The van der Waals surface area contributed by atoms with Crippen LogP contribution in [0.4, 0.5) is 18.9 Å². The molecule has 1 N–H and O–H groups in total. The summed E-state index contributed by atoms with van der Waals surface area (Å²) in [5.41, 5.74) is -1.65. The number of para-hydroxylation sites is 1. The molecular weight excluding hydrogens is 416 g/mol. The van der Waals surface area contributed by atoms with E-state index in [1.165, 1.54) is 19.1 Å². The molecule has 2 aromatic heterocycles. The number of amides is 1. The molecule has 5 nitrogen and oxygen atoms in total. The minimum atomic E-state index is -4.71. The highest BCUT2D eigenvalue weighted by atomic mass is 35.5. The lowest BCUT2D eigenvalue weighted by Crippen LogP contribution is -2.16. The number of hydrogen-bond acceptors (Lipinski definition) is 3. The third-order valence-corrected chi connectivity index (χ3v) is 4.35. The van der Waals surface area contributed by atoms with Crippen molar-refractivity contribution < 1.29 is 18.0 Å². The smallest absolute Gasteiger partial charge is 0.318 e. The summed E-state index contributed by atoms with van der Waals surface area (Å²) >= 11 is 18.0. The van der Waals surface area contributed by atoms with Crippen LogP contribution in [0.5, 0.6) is 0 Å². The van der Waals surface area contributed by atoms with Gasteiger partial charge in [-0.3, -0.25) is 4.79 Å². The Kier molecular flexibility index (Phi) is 4.76. The Morgan fingerprint density at radius 3 is 2.38 bits per heavy atom. The number of hydrogen-bond donors (Lipinski definition) is 1. The fraction of sp³-hybridized carbons (Fsp3) is 0.133. The lowest BCUT2D eigenvalue weighted by molar-refractivity contribution is -0.142. The summed E-state index contributed by atoms with van der Waals surface area (Å²) in [5.74, 6) is -0.874. The molecule has 0 bridgehead atoms. The van der Waals surface area contributed by atoms with Gasteiger partial charge in [0, 0.05) is 5.69 Å². The van der Waals surface area contributed by atoms with Gasteiger partial charge in [-0.05, 0) is 25.1 Å². The normalized spacial score (nSPS) is 11.8. The van der Waals surface area contributed by atoms with E-state index in [0.29, 0.717) is 4.52 Å². The minimum absolute atomic E-state index is 0.0766. The van der Waals surface area contributed by atoms with Crippen molar-refractivity contribution in [1.29, 1.82) is 0 Å². The van der Waals surface area contributed by atoms with Crippen LogP contribution in [-0.4, -0.2) is 20.5 Å². The van der Waals surface area contributed by atoms with Gasteiger partial charge in [-0.1, -0.05) is 40.9 Å². The van der Waals surface area contributed by atoms with Crippen LogP contribution in [0, 0.1) is 6.92 Å². The SMILES string of the molecule is Cc1cc(C(F)(F)F)n2nc(C(=O)Nc3c(Cl)cccc3Cl)c(Cl)c2n1. The second kappa shape index (κ2) is 6.61. The van der Waals surface area contributed by atoms with E-state index in [2.05, 4.69) is 15.4 Å². The summed E-state index contributed by atoms with van der Waals surface area (Å²) in [5, 5.41) is 6.05.